The van der Waals surface area contributed by atoms with Crippen LogP contribution in [0.2, 0.25) is 0 Å². The Morgan fingerprint density at radius 1 is 0.933 bits per heavy atom. The molecule has 0 aromatic rings. The molecule has 2 N–H and O–H groups in total. The maximum atomic E-state index is 10.2. The lowest BCUT2D eigenvalue weighted by Gasteiger charge is -1.90. The van der Waals surface area contributed by atoms with E-state index in [2.05, 4.69) is 10.6 Å². The number of allylic oxidation sites excluding steroid dienone is 2. The van der Waals surface area contributed by atoms with E-state index in [4.69, 9.17) is 0 Å². The molecule has 2 amide bonds. The Hall–Kier alpha value is -1.58. The first kappa shape index (κ1) is 15.9. The first-order valence-corrected chi connectivity index (χ1v) is 4.68. The molecule has 0 atom stereocenters. The summed E-state index contributed by atoms with van der Waals surface area (Å²) < 4.78 is 0. The van der Waals surface area contributed by atoms with E-state index in [0.29, 0.717) is 0 Å². The second-order valence-electron chi connectivity index (χ2n) is 3.12. The molecule has 4 nitrogen and oxygen atoms in total. The molecule has 0 fully saturated rings. The fourth-order valence-electron chi connectivity index (χ4n) is 0.447. The predicted octanol–water partition coefficient (Wildman–Crippen LogP) is 1.70. The van der Waals surface area contributed by atoms with Crippen molar-refractivity contribution in [1.82, 2.24) is 10.6 Å². The lowest BCUT2D eigenvalue weighted by Crippen LogP contribution is -2.11. The third-order valence-corrected chi connectivity index (χ3v) is 1.02. The van der Waals surface area contributed by atoms with Crippen LogP contribution in [-0.4, -0.2) is 11.8 Å². The zero-order valence-electron chi connectivity index (χ0n) is 10.0. The van der Waals surface area contributed by atoms with Crippen LogP contribution in [0.3, 0.4) is 0 Å². The number of carbonyl (C=O) groups excluding carboxylic acids is 2. The lowest BCUT2D eigenvalue weighted by molar-refractivity contribution is -0.118. The summed E-state index contributed by atoms with van der Waals surface area (Å²) in [6.45, 7) is 8.65. The van der Waals surface area contributed by atoms with E-state index in [1.54, 1.807) is 18.5 Å². The Kier molecular flexibility index (Phi) is 11.1. The molecule has 0 saturated heterocycles. The highest BCUT2D eigenvalue weighted by Crippen LogP contribution is 1.82. The van der Waals surface area contributed by atoms with Gasteiger partial charge in [0, 0.05) is 20.0 Å². The van der Waals surface area contributed by atoms with Crippen molar-refractivity contribution in [3.05, 3.63) is 24.0 Å². The highest BCUT2D eigenvalue weighted by atomic mass is 16.1. The summed E-state index contributed by atoms with van der Waals surface area (Å²) in [7, 11) is 0. The van der Waals surface area contributed by atoms with E-state index in [-0.39, 0.29) is 11.8 Å². The van der Waals surface area contributed by atoms with E-state index < -0.39 is 0 Å². The summed E-state index contributed by atoms with van der Waals surface area (Å²) in [6.07, 6.45) is 5.05. The van der Waals surface area contributed by atoms with Gasteiger partial charge in [0.2, 0.25) is 11.8 Å². The van der Waals surface area contributed by atoms with Crippen molar-refractivity contribution in [2.75, 3.05) is 0 Å². The Morgan fingerprint density at radius 2 is 1.40 bits per heavy atom. The van der Waals surface area contributed by atoms with E-state index in [0.717, 1.165) is 5.57 Å². The van der Waals surface area contributed by atoms with Crippen LogP contribution < -0.4 is 10.6 Å². The van der Waals surface area contributed by atoms with Crippen LogP contribution in [0.5, 0.6) is 0 Å². The molecule has 86 valence electrons. The summed E-state index contributed by atoms with van der Waals surface area (Å²) in [4.78, 5) is 20.2. The second-order valence-corrected chi connectivity index (χ2v) is 3.12. The molecule has 0 aliphatic carbocycles. The van der Waals surface area contributed by atoms with Gasteiger partial charge < -0.3 is 10.6 Å². The molecule has 0 aromatic heterocycles. The number of nitrogens with one attached hydrogen (secondary N) is 2. The first-order valence-electron chi connectivity index (χ1n) is 4.68. The van der Waals surface area contributed by atoms with Crippen LogP contribution in [0, 0.1) is 0 Å². The minimum Gasteiger partial charge on any atom is -0.333 e. The summed E-state index contributed by atoms with van der Waals surface area (Å²) >= 11 is 0. The normalized spacial score (nSPS) is 8.60. The van der Waals surface area contributed by atoms with Crippen molar-refractivity contribution in [2.45, 2.75) is 34.6 Å². The van der Waals surface area contributed by atoms with Crippen molar-refractivity contribution in [3.8, 4) is 0 Å². The minimum atomic E-state index is -0.0295. The van der Waals surface area contributed by atoms with Crippen LogP contribution in [-0.2, 0) is 9.59 Å². The smallest absolute Gasteiger partial charge is 0.220 e. The summed E-state index contributed by atoms with van der Waals surface area (Å²) in [5.41, 5.74) is 1.10. The SMILES string of the molecule is CC(=O)NC=C(C)C.CC=CNC(C)=O. The largest absolute Gasteiger partial charge is 0.333 e. The van der Waals surface area contributed by atoms with Crippen molar-refractivity contribution in [1.29, 1.82) is 0 Å². The van der Waals surface area contributed by atoms with Gasteiger partial charge in [-0.25, -0.2) is 0 Å². The van der Waals surface area contributed by atoms with Gasteiger partial charge in [-0.1, -0.05) is 11.6 Å². The monoisotopic (exact) mass is 212 g/mol. The third-order valence-electron chi connectivity index (χ3n) is 1.02. The van der Waals surface area contributed by atoms with Gasteiger partial charge in [0.15, 0.2) is 0 Å². The van der Waals surface area contributed by atoms with E-state index >= 15 is 0 Å². The Balaban J connectivity index is 0. The van der Waals surface area contributed by atoms with Gasteiger partial charge in [-0.15, -0.1) is 0 Å². The van der Waals surface area contributed by atoms with Gasteiger partial charge in [-0.2, -0.15) is 0 Å². The molecular formula is C11H20N2O2. The highest BCUT2D eigenvalue weighted by molar-refractivity contribution is 5.74. The van der Waals surface area contributed by atoms with E-state index in [1.807, 2.05) is 20.8 Å². The number of carbonyl (C=O) groups is 2. The molecule has 4 heteroatoms. The van der Waals surface area contributed by atoms with E-state index in [1.165, 1.54) is 13.8 Å². The van der Waals surface area contributed by atoms with Gasteiger partial charge in [-0.05, 0) is 27.0 Å². The molecule has 0 aliphatic rings. The fraction of sp³-hybridized carbons (Fsp3) is 0.455. The van der Waals surface area contributed by atoms with Crippen LogP contribution in [0.25, 0.3) is 0 Å². The van der Waals surface area contributed by atoms with Crippen molar-refractivity contribution >= 4 is 11.8 Å². The molecular weight excluding hydrogens is 192 g/mol. The zero-order chi connectivity index (χ0) is 12.3. The molecule has 0 saturated carbocycles. The summed E-state index contributed by atoms with van der Waals surface area (Å²) in [5, 5.41) is 5.02. The number of amides is 2. The second kappa shape index (κ2) is 10.5. The zero-order valence-corrected chi connectivity index (χ0v) is 10.0. The predicted molar refractivity (Wildman–Crippen MR) is 61.9 cm³/mol. The maximum absolute atomic E-state index is 10.2. The lowest BCUT2D eigenvalue weighted by atomic mass is 10.4. The average molecular weight is 212 g/mol. The van der Waals surface area contributed by atoms with Gasteiger partial charge in [0.1, 0.15) is 0 Å². The molecule has 0 heterocycles. The average Bonchev–Trinajstić information content (AvgIpc) is 2.12. The molecule has 0 unspecified atom stereocenters. The van der Waals surface area contributed by atoms with Crippen molar-refractivity contribution in [2.24, 2.45) is 0 Å². The van der Waals surface area contributed by atoms with Crippen LogP contribution >= 0.6 is 0 Å². The standard InChI is InChI=1S/C6H11NO.C5H9NO/c1-5(2)4-7-6(3)8;1-3-4-6-5(2)7/h4H,1-3H3,(H,7,8);3-4H,1-2H3,(H,6,7). The molecule has 0 rings (SSSR count). The van der Waals surface area contributed by atoms with Crippen LogP contribution in [0.15, 0.2) is 24.0 Å². The van der Waals surface area contributed by atoms with Gasteiger partial charge in [0.25, 0.3) is 0 Å². The first-order chi connectivity index (χ1) is 6.90. The topological polar surface area (TPSA) is 58.2 Å². The molecule has 0 bridgehead atoms. The number of hydrogen-bond acceptors (Lipinski definition) is 2. The van der Waals surface area contributed by atoms with Gasteiger partial charge in [0.05, 0.1) is 0 Å². The minimum absolute atomic E-state index is 0.0220. The molecule has 0 spiro atoms. The summed E-state index contributed by atoms with van der Waals surface area (Å²) in [5.74, 6) is -0.0516. The molecule has 0 aliphatic heterocycles. The van der Waals surface area contributed by atoms with Crippen molar-refractivity contribution in [3.63, 3.8) is 0 Å². The molecule has 0 radical (unpaired) electrons. The Bertz CT molecular complexity index is 251. The summed E-state index contributed by atoms with van der Waals surface area (Å²) in [6, 6.07) is 0. The number of rotatable bonds is 2. The maximum Gasteiger partial charge on any atom is 0.220 e. The van der Waals surface area contributed by atoms with E-state index in [9.17, 15) is 9.59 Å². The third kappa shape index (κ3) is 24.5. The number of hydrogen-bond donors (Lipinski definition) is 2. The Labute approximate surface area is 91.4 Å². The van der Waals surface area contributed by atoms with Crippen LogP contribution in [0.1, 0.15) is 34.6 Å². The van der Waals surface area contributed by atoms with Gasteiger partial charge >= 0.3 is 0 Å². The quantitative estimate of drug-likeness (QED) is 0.732. The molecule has 0 aromatic carbocycles. The van der Waals surface area contributed by atoms with Crippen molar-refractivity contribution < 1.29 is 9.59 Å². The highest BCUT2D eigenvalue weighted by Gasteiger charge is 1.81. The fourth-order valence-corrected chi connectivity index (χ4v) is 0.447. The molecule has 15 heavy (non-hydrogen) atoms. The van der Waals surface area contributed by atoms with Crippen LogP contribution in [0.4, 0.5) is 0 Å². The Morgan fingerprint density at radius 3 is 1.53 bits per heavy atom. The van der Waals surface area contributed by atoms with Gasteiger partial charge in [-0.3, -0.25) is 9.59 Å².